The number of hydrogen-bond acceptors (Lipinski definition) is 10. The highest BCUT2D eigenvalue weighted by Crippen LogP contribution is 2.31. The summed E-state index contributed by atoms with van der Waals surface area (Å²) in [4.78, 5) is 58.1. The molecule has 6 heterocycles. The molecule has 36 heavy (non-hydrogen) atoms. The fourth-order valence-electron chi connectivity index (χ4n) is 4.39. The van der Waals surface area contributed by atoms with Crippen LogP contribution in [-0.2, 0) is 0 Å². The van der Waals surface area contributed by atoms with Crippen LogP contribution in [-0.4, -0.2) is 38.7 Å². The van der Waals surface area contributed by atoms with E-state index in [1.54, 1.807) is 18.2 Å². The van der Waals surface area contributed by atoms with Crippen LogP contribution in [0.4, 0.5) is 11.6 Å². The summed E-state index contributed by atoms with van der Waals surface area (Å²) in [6.45, 7) is 14.4. The second-order valence-electron chi connectivity index (χ2n) is 7.63. The Labute approximate surface area is 195 Å². The minimum Gasteiger partial charge on any atom is -0.370 e. The highest BCUT2D eigenvalue weighted by atomic mass is 16.1. The van der Waals surface area contributed by atoms with Gasteiger partial charge in [-0.05, 0) is 12.1 Å². The number of nitriles is 2. The second kappa shape index (κ2) is 6.14. The first kappa shape index (κ1) is 19.1. The Morgan fingerprint density at radius 1 is 0.639 bits per heavy atom. The predicted molar refractivity (Wildman–Crippen MR) is 122 cm³/mol. The zero-order valence-corrected chi connectivity index (χ0v) is 17.3. The second-order valence-corrected chi connectivity index (χ2v) is 7.63. The summed E-state index contributed by atoms with van der Waals surface area (Å²) in [7, 11) is 0. The normalized spacial score (nSPS) is 11.4. The van der Waals surface area contributed by atoms with E-state index in [1.165, 1.54) is 14.9 Å². The molecule has 0 aliphatic rings. The number of benzene rings is 1. The third kappa shape index (κ3) is 2.05. The van der Waals surface area contributed by atoms with E-state index in [0.717, 1.165) is 0 Å². The van der Waals surface area contributed by atoms with Gasteiger partial charge in [-0.2, -0.15) is 15.5 Å². The van der Waals surface area contributed by atoms with Crippen LogP contribution in [0.2, 0.25) is 0 Å². The van der Waals surface area contributed by atoms with E-state index in [0.29, 0.717) is 10.8 Å². The van der Waals surface area contributed by atoms with Crippen LogP contribution < -0.4 is 11.1 Å². The molecule has 0 spiro atoms. The molecule has 0 N–H and O–H groups in total. The van der Waals surface area contributed by atoms with Crippen LogP contribution in [0.3, 0.4) is 0 Å². The fourth-order valence-corrected chi connectivity index (χ4v) is 4.39. The molecule has 0 saturated heterocycles. The average Bonchev–Trinajstić information content (AvgIpc) is 3.60. The zero-order chi connectivity index (χ0) is 24.9. The summed E-state index contributed by atoms with van der Waals surface area (Å²) in [6.07, 6.45) is 0. The number of hydrogen-bond donors (Lipinski definition) is 0. The monoisotopic (exact) mass is 466 g/mol. The van der Waals surface area contributed by atoms with E-state index in [4.69, 9.17) is 13.1 Å². The topological polar surface area (TPSA) is 177 Å². The van der Waals surface area contributed by atoms with Gasteiger partial charge in [0.2, 0.25) is 0 Å². The maximum atomic E-state index is 13.3. The Bertz CT molecular complexity index is 2290. The van der Waals surface area contributed by atoms with Gasteiger partial charge in [0.05, 0.1) is 10.8 Å². The van der Waals surface area contributed by atoms with E-state index in [-0.39, 0.29) is 67.7 Å². The summed E-state index contributed by atoms with van der Waals surface area (Å²) in [5, 5.41) is 19.7. The predicted octanol–water partition coefficient (Wildman–Crippen LogP) is 1.62. The SMILES string of the molecule is [C-]#[N+]c1nc2nc3c4cc5c(cc4c(=O)n3c2nc1[N+]#[C-])c(=O)n1c2nc(C#N)c(C#N)nc2nc51. The number of rotatable bonds is 0. The van der Waals surface area contributed by atoms with Crippen LogP contribution in [0.15, 0.2) is 21.7 Å². The first-order chi connectivity index (χ1) is 17.5. The molecule has 7 rings (SSSR count). The van der Waals surface area contributed by atoms with Crippen molar-refractivity contribution >= 4 is 67.1 Å². The summed E-state index contributed by atoms with van der Waals surface area (Å²) in [5.74, 6) is -0.465. The fraction of sp³-hybridized carbons (Fsp3) is 0. The maximum absolute atomic E-state index is 13.3. The van der Waals surface area contributed by atoms with E-state index in [2.05, 4.69) is 39.6 Å². The van der Waals surface area contributed by atoms with Gasteiger partial charge >= 0.3 is 11.3 Å². The van der Waals surface area contributed by atoms with E-state index < -0.39 is 11.1 Å². The van der Waals surface area contributed by atoms with Crippen LogP contribution in [0, 0.1) is 35.8 Å². The van der Waals surface area contributed by atoms with Crippen molar-refractivity contribution in [2.45, 2.75) is 0 Å². The molecular formula is C22H2N12O2. The van der Waals surface area contributed by atoms with Crippen molar-refractivity contribution in [1.82, 2.24) is 38.7 Å². The van der Waals surface area contributed by atoms with Gasteiger partial charge in [0, 0.05) is 10.8 Å². The molecule has 1 aromatic carbocycles. The molecule has 14 heteroatoms. The molecule has 0 amide bonds. The van der Waals surface area contributed by atoms with Crippen molar-refractivity contribution in [3.05, 3.63) is 67.1 Å². The Morgan fingerprint density at radius 3 is 1.67 bits per heavy atom. The van der Waals surface area contributed by atoms with Gasteiger partial charge in [0.25, 0.3) is 22.8 Å². The van der Waals surface area contributed by atoms with Gasteiger partial charge in [-0.1, -0.05) is 13.1 Å². The lowest BCUT2D eigenvalue weighted by molar-refractivity contribution is 1.13. The Morgan fingerprint density at radius 2 is 1.11 bits per heavy atom. The minimum atomic E-state index is -0.521. The first-order valence-electron chi connectivity index (χ1n) is 9.93. The lowest BCUT2D eigenvalue weighted by Crippen LogP contribution is -2.09. The molecule has 7 aromatic rings. The number of imidazole rings is 2. The van der Waals surface area contributed by atoms with Crippen LogP contribution in [0.1, 0.15) is 11.4 Å². The molecule has 0 aliphatic heterocycles. The first-order valence-corrected chi connectivity index (χ1v) is 9.93. The molecule has 0 atom stereocenters. The lowest BCUT2D eigenvalue weighted by atomic mass is 10.1. The molecular weight excluding hydrogens is 464 g/mol. The minimum absolute atomic E-state index is 0.0206. The molecule has 6 aromatic heterocycles. The summed E-state index contributed by atoms with van der Waals surface area (Å²) in [5.41, 5.74) is -0.982. The largest absolute Gasteiger partial charge is 0.370 e. The van der Waals surface area contributed by atoms with Crippen LogP contribution in [0.5, 0.6) is 0 Å². The molecule has 0 bridgehead atoms. The van der Waals surface area contributed by atoms with Crippen LogP contribution >= 0.6 is 0 Å². The average molecular weight is 466 g/mol. The van der Waals surface area contributed by atoms with Crippen molar-refractivity contribution in [2.75, 3.05) is 0 Å². The Hall–Kier alpha value is -6.38. The standard InChI is InChI=1S/C22H2N12O2/c1-25-13-14(26-2)30-20-16(29-13)32-18-8-3-7-9(4-10(8)22(36)34(18)20)21(35)33-17(7)31-15-19(33)28-12(6-24)11(5-23)27-15/h3-4H. The molecule has 0 saturated carbocycles. The summed E-state index contributed by atoms with van der Waals surface area (Å²) >= 11 is 0. The zero-order valence-electron chi connectivity index (χ0n) is 17.3. The van der Waals surface area contributed by atoms with Gasteiger partial charge in [-0.3, -0.25) is 9.59 Å². The molecule has 0 aliphatic carbocycles. The van der Waals surface area contributed by atoms with Gasteiger partial charge < -0.3 is 9.69 Å². The van der Waals surface area contributed by atoms with E-state index >= 15 is 0 Å². The molecule has 14 nitrogen and oxygen atoms in total. The van der Waals surface area contributed by atoms with Gasteiger partial charge in [-0.15, -0.1) is 9.97 Å². The van der Waals surface area contributed by atoms with Crippen molar-refractivity contribution < 1.29 is 0 Å². The third-order valence-corrected chi connectivity index (χ3v) is 5.88. The van der Waals surface area contributed by atoms with Crippen molar-refractivity contribution in [3.8, 4) is 12.1 Å². The Balaban J connectivity index is 1.65. The number of nitrogens with zero attached hydrogens (tertiary/aromatic N) is 12. The number of fused-ring (bicyclic) bond motifs is 10. The van der Waals surface area contributed by atoms with Crippen molar-refractivity contribution in [2.24, 2.45) is 0 Å². The molecule has 162 valence electrons. The smallest absolute Gasteiger partial charge is 0.316 e. The molecule has 0 unspecified atom stereocenters. The quantitative estimate of drug-likeness (QED) is 0.298. The third-order valence-electron chi connectivity index (χ3n) is 5.88. The lowest BCUT2D eigenvalue weighted by Gasteiger charge is -1.93. The summed E-state index contributed by atoms with van der Waals surface area (Å²) in [6, 6.07) is 6.58. The summed E-state index contributed by atoms with van der Waals surface area (Å²) < 4.78 is 2.38. The van der Waals surface area contributed by atoms with E-state index in [1.807, 2.05) is 0 Å². The maximum Gasteiger partial charge on any atom is 0.316 e. The van der Waals surface area contributed by atoms with E-state index in [9.17, 15) is 20.1 Å². The van der Waals surface area contributed by atoms with Gasteiger partial charge in [0.15, 0.2) is 34.0 Å². The van der Waals surface area contributed by atoms with Crippen molar-refractivity contribution in [3.63, 3.8) is 0 Å². The highest BCUT2D eigenvalue weighted by molar-refractivity contribution is 6.11. The van der Waals surface area contributed by atoms with Gasteiger partial charge in [0.1, 0.15) is 12.1 Å². The number of aromatic nitrogens is 8. The van der Waals surface area contributed by atoms with Gasteiger partial charge in [-0.25, -0.2) is 23.8 Å². The van der Waals surface area contributed by atoms with Crippen LogP contribution in [0.25, 0.3) is 65.1 Å². The molecule has 0 radical (unpaired) electrons. The van der Waals surface area contributed by atoms with Crippen molar-refractivity contribution in [1.29, 1.82) is 10.5 Å². The Kier molecular flexibility index (Phi) is 3.26. The highest BCUT2D eigenvalue weighted by Gasteiger charge is 2.26. The molecule has 0 fully saturated rings.